The second kappa shape index (κ2) is 9.59. The van der Waals surface area contributed by atoms with E-state index in [0.29, 0.717) is 36.0 Å². The molecule has 0 saturated carbocycles. The molecule has 0 spiro atoms. The highest BCUT2D eigenvalue weighted by Crippen LogP contribution is 2.38. The molecule has 1 atom stereocenters. The molecule has 33 heavy (non-hydrogen) atoms. The molecule has 1 aliphatic heterocycles. The average molecular weight is 461 g/mol. The first-order chi connectivity index (χ1) is 15.9. The number of benzene rings is 1. The van der Waals surface area contributed by atoms with Crippen LogP contribution in [0.25, 0.3) is 10.9 Å². The Morgan fingerprint density at radius 2 is 2.06 bits per heavy atom. The third-order valence-corrected chi connectivity index (χ3v) is 5.10. The lowest BCUT2D eigenvalue weighted by Gasteiger charge is -2.33. The van der Waals surface area contributed by atoms with Gasteiger partial charge in [-0.3, -0.25) is 4.99 Å². The number of halogens is 3. The van der Waals surface area contributed by atoms with Crippen LogP contribution in [0, 0.1) is 5.82 Å². The first kappa shape index (κ1) is 22.7. The first-order valence-electron chi connectivity index (χ1n) is 10.1. The molecule has 11 heteroatoms. The maximum absolute atomic E-state index is 14.7. The van der Waals surface area contributed by atoms with E-state index in [2.05, 4.69) is 20.3 Å². The number of hydrogen-bond acceptors (Lipinski definition) is 8. The molecule has 3 N–H and O–H groups in total. The number of nitrogens with two attached hydrogens (primary N) is 1. The molecule has 0 unspecified atom stereocenters. The highest BCUT2D eigenvalue weighted by molar-refractivity contribution is 5.90. The second-order valence-electron chi connectivity index (χ2n) is 7.38. The predicted molar refractivity (Wildman–Crippen MR) is 117 cm³/mol. The van der Waals surface area contributed by atoms with Gasteiger partial charge in [0.05, 0.1) is 19.4 Å². The van der Waals surface area contributed by atoms with Gasteiger partial charge in [-0.15, -0.1) is 0 Å². The van der Waals surface area contributed by atoms with Crippen molar-refractivity contribution in [3.63, 3.8) is 0 Å². The lowest BCUT2D eigenvalue weighted by molar-refractivity contribution is -0.0145. The van der Waals surface area contributed by atoms with Crippen molar-refractivity contribution in [3.8, 4) is 5.75 Å². The summed E-state index contributed by atoms with van der Waals surface area (Å²) in [7, 11) is 1.58. The summed E-state index contributed by atoms with van der Waals surface area (Å²) in [5, 5.41) is 3.77. The minimum atomic E-state index is -3.03. The number of pyridine rings is 2. The largest absolute Gasteiger partial charge is 0.490 e. The van der Waals surface area contributed by atoms with Crippen LogP contribution in [0.4, 0.5) is 24.7 Å². The quantitative estimate of drug-likeness (QED) is 0.496. The minimum Gasteiger partial charge on any atom is -0.490 e. The summed E-state index contributed by atoms with van der Waals surface area (Å²) >= 11 is 0. The Kier molecular flexibility index (Phi) is 6.61. The van der Waals surface area contributed by atoms with Crippen LogP contribution in [0.3, 0.4) is 0 Å². The molecule has 1 aliphatic rings. The summed E-state index contributed by atoms with van der Waals surface area (Å²) < 4.78 is 58.5. The summed E-state index contributed by atoms with van der Waals surface area (Å²) in [6.07, 6.45) is 0.0786. The molecule has 3 heterocycles. The SMILES string of the molecule is COCCOc1cnc2c(Nc3ccc(F)c([C@]4(C(F)F)COCC(N)=N4)c3)nccc2c1. The minimum absolute atomic E-state index is 0.0865. The van der Waals surface area contributed by atoms with Crippen LogP contribution in [0.2, 0.25) is 0 Å². The van der Waals surface area contributed by atoms with E-state index in [0.717, 1.165) is 11.5 Å². The van der Waals surface area contributed by atoms with E-state index < -0.39 is 24.4 Å². The number of aromatic nitrogens is 2. The number of alkyl halides is 2. The van der Waals surface area contributed by atoms with Crippen molar-refractivity contribution in [1.29, 1.82) is 0 Å². The van der Waals surface area contributed by atoms with E-state index in [-0.39, 0.29) is 18.0 Å². The number of nitrogens with zero attached hydrogens (tertiary/aromatic N) is 3. The molecule has 8 nitrogen and oxygen atoms in total. The molecule has 0 bridgehead atoms. The summed E-state index contributed by atoms with van der Waals surface area (Å²) in [6.45, 7) is 0.234. The van der Waals surface area contributed by atoms with Gasteiger partial charge in [0.2, 0.25) is 0 Å². The van der Waals surface area contributed by atoms with Crippen molar-refractivity contribution in [2.75, 3.05) is 38.9 Å². The lowest BCUT2D eigenvalue weighted by atomic mass is 9.90. The molecule has 1 aromatic carbocycles. The number of ether oxygens (including phenoxy) is 3. The molecule has 0 fully saturated rings. The number of nitrogens with one attached hydrogen (secondary N) is 1. The zero-order chi connectivity index (χ0) is 23.4. The summed E-state index contributed by atoms with van der Waals surface area (Å²) in [4.78, 5) is 12.6. The number of aliphatic imine (C=N–C) groups is 1. The highest BCUT2D eigenvalue weighted by Gasteiger charge is 2.46. The number of anilines is 2. The van der Waals surface area contributed by atoms with Crippen LogP contribution >= 0.6 is 0 Å². The standard InChI is InChI=1S/C22H22F3N5O3/c1-31-6-7-33-15-8-13-4-5-27-20(19(13)28-10-15)29-14-2-3-17(23)16(9-14)22(21(24)25)12-32-11-18(26)30-22/h2-5,8-10,21H,6-7,11-12H2,1H3,(H2,26,30)(H,27,29)/t22-/m0/s1. The molecule has 174 valence electrons. The summed E-state index contributed by atoms with van der Waals surface area (Å²) in [6, 6.07) is 7.31. The molecule has 0 radical (unpaired) electrons. The van der Waals surface area contributed by atoms with Crippen molar-refractivity contribution in [2.45, 2.75) is 12.0 Å². The van der Waals surface area contributed by atoms with Gasteiger partial charge in [0, 0.05) is 29.9 Å². The Morgan fingerprint density at radius 1 is 1.21 bits per heavy atom. The van der Waals surface area contributed by atoms with Gasteiger partial charge >= 0.3 is 0 Å². The van der Waals surface area contributed by atoms with Crippen molar-refractivity contribution in [1.82, 2.24) is 9.97 Å². The second-order valence-corrected chi connectivity index (χ2v) is 7.38. The number of methoxy groups -OCH3 is 1. The molecule has 0 amide bonds. The molecular weight excluding hydrogens is 439 g/mol. The monoisotopic (exact) mass is 461 g/mol. The molecule has 3 aromatic rings. The van der Waals surface area contributed by atoms with E-state index in [1.165, 1.54) is 12.1 Å². The Balaban J connectivity index is 1.67. The molecule has 0 saturated heterocycles. The van der Waals surface area contributed by atoms with Crippen LogP contribution in [0.5, 0.6) is 5.75 Å². The van der Waals surface area contributed by atoms with Crippen LogP contribution in [0.1, 0.15) is 5.56 Å². The van der Waals surface area contributed by atoms with Crippen molar-refractivity contribution in [3.05, 3.63) is 54.1 Å². The number of rotatable bonds is 8. The lowest BCUT2D eigenvalue weighted by Crippen LogP contribution is -2.45. The third-order valence-electron chi connectivity index (χ3n) is 5.10. The van der Waals surface area contributed by atoms with Gasteiger partial charge in [0.15, 0.2) is 11.4 Å². The zero-order valence-electron chi connectivity index (χ0n) is 17.7. The topological polar surface area (TPSA) is 104 Å². The fourth-order valence-corrected chi connectivity index (χ4v) is 3.52. The zero-order valence-corrected chi connectivity index (χ0v) is 17.7. The Labute approximate surface area is 187 Å². The molecule has 0 aliphatic carbocycles. The maximum atomic E-state index is 14.7. The van der Waals surface area contributed by atoms with Gasteiger partial charge in [0.25, 0.3) is 6.43 Å². The van der Waals surface area contributed by atoms with Crippen LogP contribution in [-0.4, -0.2) is 55.8 Å². The van der Waals surface area contributed by atoms with Crippen molar-refractivity contribution < 1.29 is 27.4 Å². The van der Waals surface area contributed by atoms with E-state index >= 15 is 0 Å². The fraction of sp³-hybridized carbons (Fsp3) is 0.318. The number of amidine groups is 1. The number of hydrogen-bond donors (Lipinski definition) is 2. The van der Waals surface area contributed by atoms with E-state index in [9.17, 15) is 13.2 Å². The van der Waals surface area contributed by atoms with Crippen molar-refractivity contribution in [2.24, 2.45) is 10.7 Å². The summed E-state index contributed by atoms with van der Waals surface area (Å²) in [5.74, 6) is -0.0394. The van der Waals surface area contributed by atoms with Gasteiger partial charge in [-0.25, -0.2) is 23.1 Å². The molecule has 2 aromatic heterocycles. The number of fused-ring (bicyclic) bond motifs is 1. The van der Waals surface area contributed by atoms with Crippen molar-refractivity contribution >= 4 is 28.2 Å². The average Bonchev–Trinajstić information content (AvgIpc) is 2.80. The fourth-order valence-electron chi connectivity index (χ4n) is 3.52. The summed E-state index contributed by atoms with van der Waals surface area (Å²) in [5.41, 5.74) is 3.92. The normalized spacial score (nSPS) is 18.4. The predicted octanol–water partition coefficient (Wildman–Crippen LogP) is 3.39. The van der Waals surface area contributed by atoms with Gasteiger partial charge in [-0.2, -0.15) is 0 Å². The molecular formula is C22H22F3N5O3. The molecule has 4 rings (SSSR count). The van der Waals surface area contributed by atoms with Gasteiger partial charge in [0.1, 0.15) is 36.1 Å². The van der Waals surface area contributed by atoms with Gasteiger partial charge in [-0.05, 0) is 30.3 Å². The first-order valence-corrected chi connectivity index (χ1v) is 10.1. The Morgan fingerprint density at radius 3 is 2.82 bits per heavy atom. The Hall–Kier alpha value is -3.44. The van der Waals surface area contributed by atoms with Gasteiger partial charge < -0.3 is 25.3 Å². The van der Waals surface area contributed by atoms with E-state index in [1.54, 1.807) is 31.6 Å². The van der Waals surface area contributed by atoms with Crippen LogP contribution in [0.15, 0.2) is 47.7 Å². The van der Waals surface area contributed by atoms with Crippen LogP contribution < -0.4 is 15.8 Å². The van der Waals surface area contributed by atoms with Gasteiger partial charge in [-0.1, -0.05) is 0 Å². The Bertz CT molecular complexity index is 1180. The maximum Gasteiger partial charge on any atom is 0.269 e. The van der Waals surface area contributed by atoms with E-state index in [1.807, 2.05) is 0 Å². The third kappa shape index (κ3) is 4.69. The van der Waals surface area contributed by atoms with Crippen LogP contribution in [-0.2, 0) is 15.0 Å². The highest BCUT2D eigenvalue weighted by atomic mass is 19.3. The van der Waals surface area contributed by atoms with E-state index in [4.69, 9.17) is 19.9 Å². The smallest absolute Gasteiger partial charge is 0.269 e.